The molecule has 0 unspecified atom stereocenters. The minimum Gasteiger partial charge on any atom is -0.327 e. The maximum Gasteiger partial charge on any atom is 0.279 e. The molecule has 6 heteroatoms. The Hall–Kier alpha value is -1.95. The van der Waals surface area contributed by atoms with Crippen molar-refractivity contribution >= 4 is 17.3 Å². The summed E-state index contributed by atoms with van der Waals surface area (Å²) in [5, 5.41) is 13.5. The average molecular weight is 292 g/mol. The minimum absolute atomic E-state index is 0.0136. The normalized spacial score (nSPS) is 25.3. The van der Waals surface area contributed by atoms with E-state index < -0.39 is 4.92 Å². The first kappa shape index (κ1) is 15.4. The summed E-state index contributed by atoms with van der Waals surface area (Å²) in [4.78, 5) is 23.6. The van der Waals surface area contributed by atoms with Crippen molar-refractivity contribution in [2.45, 2.75) is 20.3 Å². The van der Waals surface area contributed by atoms with Gasteiger partial charge in [0.25, 0.3) is 11.6 Å². The number of rotatable bonds is 4. The van der Waals surface area contributed by atoms with Gasteiger partial charge in [0.15, 0.2) is 6.54 Å². The van der Waals surface area contributed by atoms with Crippen LogP contribution in [0.3, 0.4) is 0 Å². The van der Waals surface area contributed by atoms with Crippen LogP contribution in [0, 0.1) is 22.0 Å². The summed E-state index contributed by atoms with van der Waals surface area (Å²) in [6, 6.07) is 6.04. The molecule has 1 heterocycles. The molecule has 1 amide bonds. The fourth-order valence-corrected chi connectivity index (χ4v) is 3.20. The van der Waals surface area contributed by atoms with Gasteiger partial charge >= 0.3 is 0 Å². The summed E-state index contributed by atoms with van der Waals surface area (Å²) in [7, 11) is 0. The quantitative estimate of drug-likeness (QED) is 0.644. The number of anilines is 1. The molecule has 0 aromatic heterocycles. The third kappa shape index (κ3) is 4.53. The summed E-state index contributed by atoms with van der Waals surface area (Å²) in [6.07, 6.45) is 1.22. The maximum atomic E-state index is 12.1. The first-order valence-corrected chi connectivity index (χ1v) is 7.32. The zero-order valence-corrected chi connectivity index (χ0v) is 12.5. The molecule has 114 valence electrons. The van der Waals surface area contributed by atoms with E-state index in [0.717, 1.165) is 13.1 Å². The van der Waals surface area contributed by atoms with E-state index in [4.69, 9.17) is 0 Å². The number of nitro groups is 1. The number of likely N-dealkylation sites (tertiary alicyclic amines) is 1. The van der Waals surface area contributed by atoms with Crippen LogP contribution in [0.15, 0.2) is 24.3 Å². The van der Waals surface area contributed by atoms with Crippen LogP contribution in [0.5, 0.6) is 0 Å². The lowest BCUT2D eigenvalue weighted by Crippen LogP contribution is -3.15. The van der Waals surface area contributed by atoms with Gasteiger partial charge in [-0.2, -0.15) is 0 Å². The average Bonchev–Trinajstić information content (AvgIpc) is 2.37. The van der Waals surface area contributed by atoms with Crippen LogP contribution in [0.25, 0.3) is 0 Å². The van der Waals surface area contributed by atoms with Gasteiger partial charge < -0.3 is 10.2 Å². The highest BCUT2D eigenvalue weighted by Gasteiger charge is 2.26. The Morgan fingerprint density at radius 2 is 2.05 bits per heavy atom. The molecule has 0 bridgehead atoms. The van der Waals surface area contributed by atoms with Crippen molar-refractivity contribution in [2.24, 2.45) is 11.8 Å². The Bertz CT molecular complexity index is 523. The number of quaternary nitrogens is 1. The van der Waals surface area contributed by atoms with Gasteiger partial charge in [-0.3, -0.25) is 14.9 Å². The zero-order valence-electron chi connectivity index (χ0n) is 12.5. The van der Waals surface area contributed by atoms with Gasteiger partial charge in [-0.1, -0.05) is 19.9 Å². The first-order chi connectivity index (χ1) is 9.94. The number of hydrogen-bond acceptors (Lipinski definition) is 3. The zero-order chi connectivity index (χ0) is 15.4. The van der Waals surface area contributed by atoms with E-state index in [2.05, 4.69) is 19.2 Å². The monoisotopic (exact) mass is 292 g/mol. The number of benzene rings is 1. The number of carbonyl (C=O) groups excluding carboxylic acids is 1. The van der Waals surface area contributed by atoms with Gasteiger partial charge in [-0.15, -0.1) is 0 Å². The Kier molecular flexibility index (Phi) is 4.90. The topological polar surface area (TPSA) is 76.7 Å². The van der Waals surface area contributed by atoms with Gasteiger partial charge in [0.1, 0.15) is 0 Å². The molecule has 0 saturated carbocycles. The number of nitrogens with one attached hydrogen (secondary N) is 2. The van der Waals surface area contributed by atoms with Crippen molar-refractivity contribution in [3.8, 4) is 0 Å². The molecule has 1 aromatic carbocycles. The van der Waals surface area contributed by atoms with Gasteiger partial charge in [0, 0.05) is 29.7 Å². The molecule has 21 heavy (non-hydrogen) atoms. The summed E-state index contributed by atoms with van der Waals surface area (Å²) in [6.45, 7) is 6.86. The molecule has 1 aliphatic rings. The van der Waals surface area contributed by atoms with Crippen molar-refractivity contribution in [3.63, 3.8) is 0 Å². The highest BCUT2D eigenvalue weighted by Crippen LogP contribution is 2.16. The summed E-state index contributed by atoms with van der Waals surface area (Å²) >= 11 is 0. The number of amides is 1. The Balaban J connectivity index is 1.92. The molecule has 2 atom stereocenters. The lowest BCUT2D eigenvalue weighted by molar-refractivity contribution is -0.904. The van der Waals surface area contributed by atoms with E-state index in [1.54, 1.807) is 12.1 Å². The molecule has 0 aliphatic carbocycles. The second kappa shape index (κ2) is 6.67. The molecule has 1 aliphatic heterocycles. The second-order valence-corrected chi connectivity index (χ2v) is 6.14. The minimum atomic E-state index is -0.463. The van der Waals surface area contributed by atoms with E-state index in [1.807, 2.05) is 0 Å². The van der Waals surface area contributed by atoms with Crippen LogP contribution in [-0.2, 0) is 4.79 Å². The lowest BCUT2D eigenvalue weighted by Gasteiger charge is -2.31. The summed E-state index contributed by atoms with van der Waals surface area (Å²) in [5.41, 5.74) is 0.465. The van der Waals surface area contributed by atoms with E-state index in [9.17, 15) is 14.9 Å². The van der Waals surface area contributed by atoms with Gasteiger partial charge in [0.2, 0.25) is 0 Å². The lowest BCUT2D eigenvalue weighted by atomic mass is 9.92. The van der Waals surface area contributed by atoms with E-state index in [0.29, 0.717) is 24.1 Å². The summed E-state index contributed by atoms with van der Waals surface area (Å²) < 4.78 is 0. The molecule has 0 spiro atoms. The predicted octanol–water partition coefficient (Wildman–Crippen LogP) is 1.09. The molecule has 0 radical (unpaired) electrons. The van der Waals surface area contributed by atoms with Crippen molar-refractivity contribution < 1.29 is 14.6 Å². The van der Waals surface area contributed by atoms with Crippen LogP contribution in [-0.4, -0.2) is 30.5 Å². The fraction of sp³-hybridized carbons (Fsp3) is 0.533. The molecule has 1 saturated heterocycles. The smallest absolute Gasteiger partial charge is 0.279 e. The number of nitro benzene ring substituents is 1. The molecule has 2 rings (SSSR count). The van der Waals surface area contributed by atoms with Crippen molar-refractivity contribution in [2.75, 3.05) is 25.0 Å². The third-order valence-corrected chi connectivity index (χ3v) is 3.83. The molecule has 1 fully saturated rings. The highest BCUT2D eigenvalue weighted by atomic mass is 16.6. The second-order valence-electron chi connectivity index (χ2n) is 6.14. The third-order valence-electron chi connectivity index (χ3n) is 3.83. The van der Waals surface area contributed by atoms with Crippen LogP contribution < -0.4 is 10.2 Å². The first-order valence-electron chi connectivity index (χ1n) is 7.32. The van der Waals surface area contributed by atoms with Crippen LogP contribution >= 0.6 is 0 Å². The predicted molar refractivity (Wildman–Crippen MR) is 80.2 cm³/mol. The number of nitrogens with zero attached hydrogens (tertiary/aromatic N) is 1. The number of carbonyl (C=O) groups is 1. The molecule has 1 aromatic rings. The van der Waals surface area contributed by atoms with Crippen molar-refractivity contribution in [1.29, 1.82) is 0 Å². The van der Waals surface area contributed by atoms with Crippen molar-refractivity contribution in [1.82, 2.24) is 0 Å². The molecule has 6 nitrogen and oxygen atoms in total. The number of non-ortho nitro benzene ring substituents is 1. The van der Waals surface area contributed by atoms with Gasteiger partial charge in [0.05, 0.1) is 18.0 Å². The molecule has 2 N–H and O–H groups in total. The number of piperidine rings is 1. The van der Waals surface area contributed by atoms with E-state index in [-0.39, 0.29) is 11.6 Å². The largest absolute Gasteiger partial charge is 0.327 e. The van der Waals surface area contributed by atoms with Crippen LogP contribution in [0.1, 0.15) is 20.3 Å². The highest BCUT2D eigenvalue weighted by molar-refractivity contribution is 5.91. The number of hydrogen-bond donors (Lipinski definition) is 2. The van der Waals surface area contributed by atoms with Crippen LogP contribution in [0.4, 0.5) is 11.4 Å². The van der Waals surface area contributed by atoms with E-state index in [1.165, 1.54) is 23.5 Å². The van der Waals surface area contributed by atoms with Gasteiger partial charge in [-0.05, 0) is 12.5 Å². The van der Waals surface area contributed by atoms with Crippen molar-refractivity contribution in [3.05, 3.63) is 34.4 Å². The standard InChI is InChI=1S/C15H21N3O3/c1-11-6-12(2)9-17(8-11)10-15(19)16-13-4-3-5-14(7-13)18(20)21/h3-5,7,11-12H,6,8-10H2,1-2H3,(H,16,19)/p+1/t11-,12-/m0/s1. The van der Waals surface area contributed by atoms with Crippen LogP contribution in [0.2, 0.25) is 0 Å². The van der Waals surface area contributed by atoms with E-state index >= 15 is 0 Å². The molecular weight excluding hydrogens is 270 g/mol. The SMILES string of the molecule is C[C@H]1C[C@H](C)C[NH+](CC(=O)Nc2cccc([N+](=O)[O-])c2)C1. The van der Waals surface area contributed by atoms with Gasteiger partial charge in [-0.25, -0.2) is 0 Å². The molecular formula is C15H22N3O3+. The Morgan fingerprint density at radius 1 is 1.38 bits per heavy atom. The Labute approximate surface area is 124 Å². The fourth-order valence-electron chi connectivity index (χ4n) is 3.20. The maximum absolute atomic E-state index is 12.1. The summed E-state index contributed by atoms with van der Waals surface area (Å²) in [5.74, 6) is 1.18. The Morgan fingerprint density at radius 3 is 2.67 bits per heavy atom.